The van der Waals surface area contributed by atoms with Crippen molar-refractivity contribution in [2.24, 2.45) is 5.41 Å². The van der Waals surface area contributed by atoms with Gasteiger partial charge in [0.1, 0.15) is 5.82 Å². The quantitative estimate of drug-likeness (QED) is 0.795. The van der Waals surface area contributed by atoms with Crippen LogP contribution in [0.3, 0.4) is 0 Å². The van der Waals surface area contributed by atoms with Gasteiger partial charge in [-0.2, -0.15) is 0 Å². The first kappa shape index (κ1) is 16.2. The molecule has 1 nitrogen and oxygen atoms in total. The van der Waals surface area contributed by atoms with Gasteiger partial charge in [0, 0.05) is 12.1 Å². The maximum Gasteiger partial charge on any atom is 0.126 e. The lowest BCUT2D eigenvalue weighted by Crippen LogP contribution is -2.43. The summed E-state index contributed by atoms with van der Waals surface area (Å²) >= 11 is 0. The van der Waals surface area contributed by atoms with E-state index >= 15 is 0 Å². The van der Waals surface area contributed by atoms with Crippen molar-refractivity contribution in [2.45, 2.75) is 59.4 Å². The molecule has 1 atom stereocenters. The van der Waals surface area contributed by atoms with Crippen LogP contribution in [0.25, 0.3) is 0 Å². The first-order valence-electron chi connectivity index (χ1n) is 7.24. The highest BCUT2D eigenvalue weighted by atomic mass is 19.1. The van der Waals surface area contributed by atoms with Crippen molar-refractivity contribution in [3.63, 3.8) is 0 Å². The molecule has 0 bridgehead atoms. The van der Waals surface area contributed by atoms with Crippen LogP contribution in [0.15, 0.2) is 24.3 Å². The zero-order valence-electron chi connectivity index (χ0n) is 13.0. The molecule has 0 saturated carbocycles. The molecule has 2 heteroatoms. The number of benzene rings is 1. The van der Waals surface area contributed by atoms with E-state index < -0.39 is 0 Å². The maximum absolute atomic E-state index is 13.8. The molecule has 108 valence electrons. The summed E-state index contributed by atoms with van der Waals surface area (Å²) in [6.07, 6.45) is 3.01. The Morgan fingerprint density at radius 2 is 1.74 bits per heavy atom. The van der Waals surface area contributed by atoms with Crippen molar-refractivity contribution < 1.29 is 4.39 Å². The van der Waals surface area contributed by atoms with Gasteiger partial charge < -0.3 is 5.32 Å². The van der Waals surface area contributed by atoms with Gasteiger partial charge in [-0.25, -0.2) is 4.39 Å². The second-order valence-electron chi connectivity index (χ2n) is 6.93. The molecule has 1 aromatic rings. The van der Waals surface area contributed by atoms with Crippen molar-refractivity contribution in [2.75, 3.05) is 6.54 Å². The van der Waals surface area contributed by atoms with Gasteiger partial charge in [0.2, 0.25) is 0 Å². The van der Waals surface area contributed by atoms with E-state index in [4.69, 9.17) is 0 Å². The summed E-state index contributed by atoms with van der Waals surface area (Å²) in [5.41, 5.74) is 1.03. The minimum Gasteiger partial charge on any atom is -0.312 e. The van der Waals surface area contributed by atoms with Crippen molar-refractivity contribution in [3.05, 3.63) is 35.6 Å². The summed E-state index contributed by atoms with van der Waals surface area (Å²) in [5.74, 6) is -0.0828. The lowest BCUT2D eigenvalue weighted by molar-refractivity contribution is 0.241. The van der Waals surface area contributed by atoms with Gasteiger partial charge in [0.15, 0.2) is 0 Å². The molecule has 0 aliphatic rings. The molecule has 1 N–H and O–H groups in total. The molecule has 19 heavy (non-hydrogen) atoms. The topological polar surface area (TPSA) is 12.0 Å². The van der Waals surface area contributed by atoms with Gasteiger partial charge >= 0.3 is 0 Å². The van der Waals surface area contributed by atoms with Crippen molar-refractivity contribution >= 4 is 0 Å². The zero-order valence-corrected chi connectivity index (χ0v) is 13.0. The minimum absolute atomic E-state index is 0.0828. The Morgan fingerprint density at radius 3 is 2.26 bits per heavy atom. The molecular weight excluding hydrogens is 237 g/mol. The molecule has 1 rings (SSSR count). The maximum atomic E-state index is 13.8. The Labute approximate surface area is 117 Å². The Kier molecular flexibility index (Phi) is 5.54. The molecule has 0 spiro atoms. The highest BCUT2D eigenvalue weighted by molar-refractivity contribution is 5.19. The number of rotatable bonds is 6. The van der Waals surface area contributed by atoms with Gasteiger partial charge in [-0.15, -0.1) is 0 Å². The van der Waals surface area contributed by atoms with E-state index in [1.807, 2.05) is 12.1 Å². The molecule has 0 aliphatic carbocycles. The molecule has 0 fully saturated rings. The molecular formula is C17H28FN. The Balaban J connectivity index is 2.79. The summed E-state index contributed by atoms with van der Waals surface area (Å²) in [7, 11) is 0. The number of hydrogen-bond acceptors (Lipinski definition) is 1. The van der Waals surface area contributed by atoms with Crippen LogP contribution in [0, 0.1) is 11.2 Å². The molecule has 0 aromatic heterocycles. The van der Waals surface area contributed by atoms with Gasteiger partial charge in [-0.3, -0.25) is 0 Å². The minimum atomic E-state index is -0.0828. The van der Waals surface area contributed by atoms with Crippen LogP contribution in [-0.2, 0) is 6.42 Å². The van der Waals surface area contributed by atoms with E-state index in [-0.39, 0.29) is 16.8 Å². The van der Waals surface area contributed by atoms with Crippen LogP contribution in [0.5, 0.6) is 0 Å². The van der Waals surface area contributed by atoms with Crippen molar-refractivity contribution in [3.8, 4) is 0 Å². The lowest BCUT2D eigenvalue weighted by atomic mass is 9.79. The van der Waals surface area contributed by atoms with Gasteiger partial charge in [-0.1, -0.05) is 38.5 Å². The summed E-state index contributed by atoms with van der Waals surface area (Å²) in [6.45, 7) is 11.9. The van der Waals surface area contributed by atoms with Gasteiger partial charge in [0.25, 0.3) is 0 Å². The highest BCUT2D eigenvalue weighted by Crippen LogP contribution is 2.29. The summed E-state index contributed by atoms with van der Waals surface area (Å²) in [6, 6.07) is 7.13. The Morgan fingerprint density at radius 1 is 1.11 bits per heavy atom. The van der Waals surface area contributed by atoms with Crippen LogP contribution < -0.4 is 5.32 Å². The van der Waals surface area contributed by atoms with Crippen molar-refractivity contribution in [1.29, 1.82) is 0 Å². The monoisotopic (exact) mass is 265 g/mol. The first-order valence-corrected chi connectivity index (χ1v) is 7.24. The van der Waals surface area contributed by atoms with Crippen LogP contribution >= 0.6 is 0 Å². The van der Waals surface area contributed by atoms with Gasteiger partial charge in [-0.05, 0) is 50.7 Å². The second-order valence-corrected chi connectivity index (χ2v) is 6.93. The molecule has 0 amide bonds. The summed E-state index contributed by atoms with van der Waals surface area (Å²) in [4.78, 5) is 0. The molecule has 1 aromatic carbocycles. The fourth-order valence-corrected chi connectivity index (χ4v) is 2.42. The molecule has 0 aliphatic heterocycles. The largest absolute Gasteiger partial charge is 0.312 e. The highest BCUT2D eigenvalue weighted by Gasteiger charge is 2.26. The predicted molar refractivity (Wildman–Crippen MR) is 80.9 cm³/mol. The van der Waals surface area contributed by atoms with Crippen LogP contribution in [0.4, 0.5) is 4.39 Å². The van der Waals surface area contributed by atoms with Crippen LogP contribution in [0.1, 0.15) is 53.0 Å². The third kappa shape index (κ3) is 5.73. The SMILES string of the molecule is CCCC(C)(CNC(C)(C)C)Cc1ccccc1F. The van der Waals surface area contributed by atoms with E-state index in [0.29, 0.717) is 0 Å². The number of hydrogen-bond donors (Lipinski definition) is 1. The molecule has 0 saturated heterocycles. The Bertz CT molecular complexity index is 394. The molecule has 1 unspecified atom stereocenters. The Hall–Kier alpha value is -0.890. The molecule has 0 heterocycles. The average molecular weight is 265 g/mol. The van der Waals surface area contributed by atoms with E-state index in [2.05, 4.69) is 39.9 Å². The average Bonchev–Trinajstić information content (AvgIpc) is 2.29. The van der Waals surface area contributed by atoms with E-state index in [0.717, 1.165) is 31.4 Å². The zero-order chi connectivity index (χ0) is 14.5. The molecule has 0 radical (unpaired) electrons. The summed E-state index contributed by atoms with van der Waals surface area (Å²) in [5, 5.41) is 3.56. The van der Waals surface area contributed by atoms with Crippen LogP contribution in [-0.4, -0.2) is 12.1 Å². The fourth-order valence-electron chi connectivity index (χ4n) is 2.42. The van der Waals surface area contributed by atoms with Gasteiger partial charge in [0.05, 0.1) is 0 Å². The first-order chi connectivity index (χ1) is 8.76. The number of halogens is 1. The lowest BCUT2D eigenvalue weighted by Gasteiger charge is -2.34. The fraction of sp³-hybridized carbons (Fsp3) is 0.647. The standard InChI is InChI=1S/C17H28FN/c1-6-11-17(5,13-19-16(2,3)4)12-14-9-7-8-10-15(14)18/h7-10,19H,6,11-13H2,1-5H3. The van der Waals surface area contributed by atoms with E-state index in [1.54, 1.807) is 12.1 Å². The third-order valence-corrected chi connectivity index (χ3v) is 3.47. The van der Waals surface area contributed by atoms with Crippen molar-refractivity contribution in [1.82, 2.24) is 5.32 Å². The number of nitrogens with one attached hydrogen (secondary N) is 1. The van der Waals surface area contributed by atoms with E-state index in [1.165, 1.54) is 0 Å². The smallest absolute Gasteiger partial charge is 0.126 e. The predicted octanol–water partition coefficient (Wildman–Crippen LogP) is 4.56. The summed E-state index contributed by atoms with van der Waals surface area (Å²) < 4.78 is 13.8. The second kappa shape index (κ2) is 6.51. The normalized spacial score (nSPS) is 15.3. The van der Waals surface area contributed by atoms with Crippen LogP contribution in [0.2, 0.25) is 0 Å². The third-order valence-electron chi connectivity index (χ3n) is 3.47. The van der Waals surface area contributed by atoms with E-state index in [9.17, 15) is 4.39 Å².